The van der Waals surface area contributed by atoms with Crippen LogP contribution in [0.25, 0.3) is 22.4 Å². The number of carbonyl (C=O) groups excluding carboxylic acids is 2. The van der Waals surface area contributed by atoms with Gasteiger partial charge in [0.05, 0.1) is 11.9 Å². The number of nitrogens with one attached hydrogen (secondary N) is 2. The van der Waals surface area contributed by atoms with E-state index in [4.69, 9.17) is 11.1 Å². The molecule has 11 heteroatoms. The Labute approximate surface area is 201 Å². The number of benzene rings is 1. The third-order valence-electron chi connectivity index (χ3n) is 6.17. The fraction of sp³-hybridized carbons (Fsp3) is 0.292. The lowest BCUT2D eigenvalue weighted by Crippen LogP contribution is -2.64. The maximum absolute atomic E-state index is 14.8. The molecule has 0 saturated carbocycles. The van der Waals surface area contributed by atoms with Crippen molar-refractivity contribution in [1.29, 1.82) is 5.41 Å². The summed E-state index contributed by atoms with van der Waals surface area (Å²) in [5, 5.41) is 11.5. The monoisotopic (exact) mass is 478 g/mol. The number of anilines is 1. The number of hydrogen-bond acceptors (Lipinski definition) is 4. The summed E-state index contributed by atoms with van der Waals surface area (Å²) >= 11 is 0. The number of hydrogen-bond donors (Lipinski definition) is 3. The SMILES string of the molecule is CC(=O)N1CCN(c2cc(F)cc(-c3cc(-c4cnn(C)c4)c(C(N)=NC=N)[nH]3)c2)C(=O)C1(C)C. The summed E-state index contributed by atoms with van der Waals surface area (Å²) in [5.41, 5.74) is 8.39. The van der Waals surface area contributed by atoms with Crippen molar-refractivity contribution in [3.05, 3.63) is 48.2 Å². The first-order chi connectivity index (χ1) is 16.5. The van der Waals surface area contributed by atoms with E-state index >= 15 is 0 Å². The van der Waals surface area contributed by atoms with Crippen molar-refractivity contribution in [3.8, 4) is 22.4 Å². The number of piperazine rings is 1. The number of carbonyl (C=O) groups is 2. The molecule has 0 unspecified atom stereocenters. The summed E-state index contributed by atoms with van der Waals surface area (Å²) in [6, 6.07) is 6.18. The summed E-state index contributed by atoms with van der Waals surface area (Å²) in [4.78, 5) is 35.3. The maximum atomic E-state index is 14.8. The van der Waals surface area contributed by atoms with Gasteiger partial charge < -0.3 is 20.5 Å². The highest BCUT2D eigenvalue weighted by atomic mass is 19.1. The number of aromatic nitrogens is 3. The molecule has 182 valence electrons. The van der Waals surface area contributed by atoms with Crippen LogP contribution in [0.5, 0.6) is 0 Å². The molecule has 2 amide bonds. The van der Waals surface area contributed by atoms with E-state index < -0.39 is 11.4 Å². The number of rotatable bonds is 5. The Morgan fingerprint density at radius 3 is 2.63 bits per heavy atom. The number of aromatic amines is 1. The van der Waals surface area contributed by atoms with Gasteiger partial charge in [-0.2, -0.15) is 5.10 Å². The Morgan fingerprint density at radius 2 is 2.00 bits per heavy atom. The molecule has 1 aliphatic heterocycles. The Bertz CT molecular complexity index is 1350. The molecule has 3 heterocycles. The summed E-state index contributed by atoms with van der Waals surface area (Å²) < 4.78 is 16.4. The Kier molecular flexibility index (Phi) is 6.01. The molecule has 0 radical (unpaired) electrons. The van der Waals surface area contributed by atoms with Gasteiger partial charge in [0.15, 0.2) is 0 Å². The highest BCUT2D eigenvalue weighted by Crippen LogP contribution is 2.34. The van der Waals surface area contributed by atoms with Gasteiger partial charge in [0.25, 0.3) is 5.91 Å². The zero-order valence-electron chi connectivity index (χ0n) is 20.0. The van der Waals surface area contributed by atoms with Crippen molar-refractivity contribution >= 4 is 29.7 Å². The fourth-order valence-corrected chi connectivity index (χ4v) is 4.44. The van der Waals surface area contributed by atoms with Gasteiger partial charge >= 0.3 is 0 Å². The summed E-state index contributed by atoms with van der Waals surface area (Å²) in [6.07, 6.45) is 4.32. The van der Waals surface area contributed by atoms with E-state index in [1.54, 1.807) is 50.1 Å². The Hall–Kier alpha value is -4.28. The van der Waals surface area contributed by atoms with Crippen LogP contribution in [0, 0.1) is 11.2 Å². The van der Waals surface area contributed by atoms with Crippen LogP contribution in [0.1, 0.15) is 26.5 Å². The first kappa shape index (κ1) is 23.9. The molecule has 0 atom stereocenters. The molecule has 0 bridgehead atoms. The van der Waals surface area contributed by atoms with E-state index in [1.807, 2.05) is 0 Å². The second-order valence-electron chi connectivity index (χ2n) is 8.90. The van der Waals surface area contributed by atoms with E-state index in [1.165, 1.54) is 28.9 Å². The quantitative estimate of drug-likeness (QED) is 0.383. The van der Waals surface area contributed by atoms with Crippen LogP contribution in [-0.4, -0.2) is 62.3 Å². The number of nitrogens with zero attached hydrogens (tertiary/aromatic N) is 5. The van der Waals surface area contributed by atoms with Crippen molar-refractivity contribution in [2.75, 3.05) is 18.0 Å². The van der Waals surface area contributed by atoms with Crippen molar-refractivity contribution in [2.24, 2.45) is 17.8 Å². The van der Waals surface area contributed by atoms with Crippen molar-refractivity contribution < 1.29 is 14.0 Å². The average molecular weight is 479 g/mol. The van der Waals surface area contributed by atoms with Crippen LogP contribution in [0.2, 0.25) is 0 Å². The minimum absolute atomic E-state index is 0.0963. The molecule has 10 nitrogen and oxygen atoms in total. The molecule has 1 aromatic carbocycles. The summed E-state index contributed by atoms with van der Waals surface area (Å²) in [6.45, 7) is 5.40. The highest BCUT2D eigenvalue weighted by Gasteiger charge is 2.43. The van der Waals surface area contributed by atoms with Gasteiger partial charge in [-0.05, 0) is 38.1 Å². The Balaban J connectivity index is 1.78. The normalized spacial score (nSPS) is 16.0. The van der Waals surface area contributed by atoms with E-state index in [0.717, 1.165) is 11.9 Å². The van der Waals surface area contributed by atoms with E-state index in [2.05, 4.69) is 15.1 Å². The predicted octanol–water partition coefficient (Wildman–Crippen LogP) is 2.51. The highest BCUT2D eigenvalue weighted by molar-refractivity contribution is 6.06. The van der Waals surface area contributed by atoms with Crippen molar-refractivity contribution in [1.82, 2.24) is 19.7 Å². The standard InChI is InChI=1S/C24H27FN8O2/c1-14(34)33-6-5-32(23(35)24(33,2)3)18-8-15(7-17(25)9-18)20-10-19(16-11-29-31(4)12-16)21(30-20)22(27)28-13-26/h7-13,30H,5-6H2,1-4H3,(H3,26,27,28). The molecule has 3 aromatic rings. The summed E-state index contributed by atoms with van der Waals surface area (Å²) in [7, 11) is 1.79. The number of amidine groups is 1. The van der Waals surface area contributed by atoms with Crippen LogP contribution in [-0.2, 0) is 16.6 Å². The Morgan fingerprint density at radius 1 is 1.26 bits per heavy atom. The molecule has 1 saturated heterocycles. The van der Waals surface area contributed by atoms with Crippen LogP contribution < -0.4 is 10.6 Å². The number of halogens is 1. The zero-order valence-corrected chi connectivity index (χ0v) is 20.0. The van der Waals surface area contributed by atoms with Gasteiger partial charge in [-0.1, -0.05) is 0 Å². The molecule has 1 fully saturated rings. The topological polar surface area (TPSA) is 136 Å². The lowest BCUT2D eigenvalue weighted by atomic mass is 9.96. The number of H-pyrrole nitrogens is 1. The van der Waals surface area contributed by atoms with E-state index in [0.29, 0.717) is 34.7 Å². The molecule has 2 aromatic heterocycles. The smallest absolute Gasteiger partial charge is 0.252 e. The molecular weight excluding hydrogens is 451 g/mol. The predicted molar refractivity (Wildman–Crippen MR) is 132 cm³/mol. The van der Waals surface area contributed by atoms with Gasteiger partial charge in [-0.25, -0.2) is 9.38 Å². The molecular formula is C24H27FN8O2. The second-order valence-corrected chi connectivity index (χ2v) is 8.90. The lowest BCUT2D eigenvalue weighted by molar-refractivity contribution is -0.145. The zero-order chi connectivity index (χ0) is 25.5. The number of aliphatic imine (C=N–C) groups is 1. The minimum Gasteiger partial charge on any atom is -0.382 e. The number of amides is 2. The van der Waals surface area contributed by atoms with E-state index in [-0.39, 0.29) is 24.2 Å². The molecule has 4 rings (SSSR count). The van der Waals surface area contributed by atoms with Gasteiger partial charge in [-0.3, -0.25) is 19.7 Å². The first-order valence-corrected chi connectivity index (χ1v) is 11.0. The first-order valence-electron chi connectivity index (χ1n) is 11.0. The van der Waals surface area contributed by atoms with Crippen LogP contribution in [0.15, 0.2) is 41.7 Å². The number of aryl methyl sites for hydroxylation is 1. The molecule has 4 N–H and O–H groups in total. The summed E-state index contributed by atoms with van der Waals surface area (Å²) in [5.74, 6) is -0.897. The second kappa shape index (κ2) is 8.82. The van der Waals surface area contributed by atoms with Crippen molar-refractivity contribution in [2.45, 2.75) is 26.3 Å². The van der Waals surface area contributed by atoms with Crippen LogP contribution >= 0.6 is 0 Å². The van der Waals surface area contributed by atoms with Gasteiger partial charge in [0.1, 0.15) is 23.5 Å². The van der Waals surface area contributed by atoms with Crippen LogP contribution in [0.3, 0.4) is 0 Å². The fourth-order valence-electron chi connectivity index (χ4n) is 4.44. The van der Waals surface area contributed by atoms with Crippen molar-refractivity contribution in [3.63, 3.8) is 0 Å². The lowest BCUT2D eigenvalue weighted by Gasteiger charge is -2.45. The largest absolute Gasteiger partial charge is 0.382 e. The molecule has 0 aliphatic carbocycles. The average Bonchev–Trinajstić information content (AvgIpc) is 3.41. The van der Waals surface area contributed by atoms with E-state index in [9.17, 15) is 14.0 Å². The van der Waals surface area contributed by atoms with Gasteiger partial charge in [-0.15, -0.1) is 0 Å². The molecule has 0 spiro atoms. The maximum Gasteiger partial charge on any atom is 0.252 e. The van der Waals surface area contributed by atoms with Gasteiger partial charge in [0, 0.05) is 61.3 Å². The molecule has 1 aliphatic rings. The van der Waals surface area contributed by atoms with Gasteiger partial charge in [0.2, 0.25) is 5.91 Å². The third kappa shape index (κ3) is 4.32. The van der Waals surface area contributed by atoms with Crippen LogP contribution in [0.4, 0.5) is 10.1 Å². The minimum atomic E-state index is -1.05. The molecule has 35 heavy (non-hydrogen) atoms. The third-order valence-corrected chi connectivity index (χ3v) is 6.17. The number of nitrogens with two attached hydrogens (primary N) is 1.